The number of halogens is 1. The highest BCUT2D eigenvalue weighted by molar-refractivity contribution is 5.85. The highest BCUT2D eigenvalue weighted by Crippen LogP contribution is 2.24. The van der Waals surface area contributed by atoms with Crippen LogP contribution in [-0.2, 0) is 0 Å². The predicted octanol–water partition coefficient (Wildman–Crippen LogP) is 3.55. The fraction of sp³-hybridized carbons (Fsp3) is 0.538. The van der Waals surface area contributed by atoms with Gasteiger partial charge in [0.05, 0.1) is 6.61 Å². The Balaban J connectivity index is 0.00000225. The Bertz CT molecular complexity index is 304. The van der Waals surface area contributed by atoms with E-state index in [4.69, 9.17) is 10.5 Å². The first kappa shape index (κ1) is 15.3. The number of hydrogen-bond donors (Lipinski definition) is 1. The molecule has 2 N–H and O–H groups in total. The van der Waals surface area contributed by atoms with Crippen molar-refractivity contribution in [3.63, 3.8) is 0 Å². The van der Waals surface area contributed by atoms with Crippen LogP contribution in [0.15, 0.2) is 24.3 Å². The molecule has 0 fully saturated rings. The van der Waals surface area contributed by atoms with E-state index in [1.165, 1.54) is 0 Å². The molecule has 0 heterocycles. The minimum absolute atomic E-state index is 0. The van der Waals surface area contributed by atoms with E-state index in [1.807, 2.05) is 25.1 Å². The van der Waals surface area contributed by atoms with Gasteiger partial charge in [0, 0.05) is 6.04 Å². The number of benzene rings is 1. The standard InChI is InChI=1S/C13H21NO.ClH/c1-4-10(3)13(14)11-7-6-8-12(9-11)15-5-2;/h6-10,13H,4-5,14H2,1-3H3;1H/t10?,13-;/m1./s1. The summed E-state index contributed by atoms with van der Waals surface area (Å²) in [4.78, 5) is 0. The molecule has 2 nitrogen and oxygen atoms in total. The van der Waals surface area contributed by atoms with Crippen LogP contribution in [0, 0.1) is 5.92 Å². The zero-order valence-corrected chi connectivity index (χ0v) is 11.1. The van der Waals surface area contributed by atoms with Crippen molar-refractivity contribution in [1.82, 2.24) is 0 Å². The Morgan fingerprint density at radius 3 is 2.56 bits per heavy atom. The molecular formula is C13H22ClNO. The number of ether oxygens (including phenoxy) is 1. The second kappa shape index (κ2) is 7.53. The molecule has 92 valence electrons. The van der Waals surface area contributed by atoms with Crippen LogP contribution in [0.3, 0.4) is 0 Å². The quantitative estimate of drug-likeness (QED) is 0.859. The molecule has 0 amide bonds. The van der Waals surface area contributed by atoms with Crippen molar-refractivity contribution >= 4 is 12.4 Å². The van der Waals surface area contributed by atoms with Gasteiger partial charge in [0.15, 0.2) is 0 Å². The van der Waals surface area contributed by atoms with Crippen molar-refractivity contribution in [2.75, 3.05) is 6.61 Å². The van der Waals surface area contributed by atoms with Gasteiger partial charge in [0.25, 0.3) is 0 Å². The molecule has 0 spiro atoms. The molecule has 0 bridgehead atoms. The van der Waals surface area contributed by atoms with Crippen LogP contribution < -0.4 is 10.5 Å². The maximum atomic E-state index is 6.16. The van der Waals surface area contributed by atoms with E-state index in [0.717, 1.165) is 17.7 Å². The van der Waals surface area contributed by atoms with E-state index in [0.29, 0.717) is 12.5 Å². The summed E-state index contributed by atoms with van der Waals surface area (Å²) in [5.74, 6) is 1.41. The Morgan fingerprint density at radius 2 is 2.00 bits per heavy atom. The molecular weight excluding hydrogens is 222 g/mol. The lowest BCUT2D eigenvalue weighted by molar-refractivity contribution is 0.339. The number of nitrogens with two attached hydrogens (primary N) is 1. The molecule has 1 aromatic carbocycles. The van der Waals surface area contributed by atoms with Crippen molar-refractivity contribution in [1.29, 1.82) is 0 Å². The first-order valence-corrected chi connectivity index (χ1v) is 5.67. The Labute approximate surface area is 105 Å². The first-order chi connectivity index (χ1) is 7.19. The van der Waals surface area contributed by atoms with Gasteiger partial charge in [0.2, 0.25) is 0 Å². The summed E-state index contributed by atoms with van der Waals surface area (Å²) < 4.78 is 5.45. The van der Waals surface area contributed by atoms with Crippen LogP contribution in [0.5, 0.6) is 5.75 Å². The number of rotatable bonds is 5. The molecule has 0 aliphatic carbocycles. The third-order valence-electron chi connectivity index (χ3n) is 2.81. The Hall–Kier alpha value is -0.730. The molecule has 1 rings (SSSR count). The molecule has 2 atom stereocenters. The lowest BCUT2D eigenvalue weighted by Crippen LogP contribution is -2.18. The van der Waals surface area contributed by atoms with Crippen LogP contribution in [0.2, 0.25) is 0 Å². The van der Waals surface area contributed by atoms with E-state index >= 15 is 0 Å². The van der Waals surface area contributed by atoms with E-state index in [9.17, 15) is 0 Å². The third kappa shape index (κ3) is 4.03. The zero-order valence-electron chi connectivity index (χ0n) is 10.3. The molecule has 0 aliphatic rings. The predicted molar refractivity (Wildman–Crippen MR) is 71.2 cm³/mol. The lowest BCUT2D eigenvalue weighted by atomic mass is 9.93. The van der Waals surface area contributed by atoms with Gasteiger partial charge >= 0.3 is 0 Å². The maximum Gasteiger partial charge on any atom is 0.119 e. The van der Waals surface area contributed by atoms with Crippen LogP contribution >= 0.6 is 12.4 Å². The van der Waals surface area contributed by atoms with Gasteiger partial charge in [-0.2, -0.15) is 0 Å². The van der Waals surface area contributed by atoms with E-state index in [2.05, 4.69) is 19.9 Å². The fourth-order valence-corrected chi connectivity index (χ4v) is 1.56. The van der Waals surface area contributed by atoms with Crippen molar-refractivity contribution < 1.29 is 4.74 Å². The SMILES string of the molecule is CCOc1cccc([C@H](N)C(C)CC)c1.Cl. The fourth-order valence-electron chi connectivity index (χ4n) is 1.56. The normalized spacial score (nSPS) is 13.8. The molecule has 0 saturated carbocycles. The highest BCUT2D eigenvalue weighted by atomic mass is 35.5. The van der Waals surface area contributed by atoms with Gasteiger partial charge in [-0.05, 0) is 30.5 Å². The summed E-state index contributed by atoms with van der Waals surface area (Å²) in [6.45, 7) is 7.03. The Morgan fingerprint density at radius 1 is 1.31 bits per heavy atom. The van der Waals surface area contributed by atoms with E-state index < -0.39 is 0 Å². The van der Waals surface area contributed by atoms with Gasteiger partial charge in [-0.15, -0.1) is 12.4 Å². The van der Waals surface area contributed by atoms with Crippen molar-refractivity contribution in [2.24, 2.45) is 11.7 Å². The highest BCUT2D eigenvalue weighted by Gasteiger charge is 2.13. The van der Waals surface area contributed by atoms with E-state index in [1.54, 1.807) is 0 Å². The molecule has 16 heavy (non-hydrogen) atoms. The zero-order chi connectivity index (χ0) is 11.3. The molecule has 0 aliphatic heterocycles. The van der Waals surface area contributed by atoms with Crippen molar-refractivity contribution in [2.45, 2.75) is 33.2 Å². The van der Waals surface area contributed by atoms with Crippen molar-refractivity contribution in [3.8, 4) is 5.75 Å². The minimum Gasteiger partial charge on any atom is -0.494 e. The Kier molecular flexibility index (Phi) is 7.18. The monoisotopic (exact) mass is 243 g/mol. The van der Waals surface area contributed by atoms with Crippen LogP contribution in [-0.4, -0.2) is 6.61 Å². The molecule has 0 aromatic heterocycles. The average molecular weight is 244 g/mol. The minimum atomic E-state index is 0. The second-order valence-corrected chi connectivity index (χ2v) is 3.92. The molecule has 0 saturated heterocycles. The van der Waals surface area contributed by atoms with Gasteiger partial charge in [0.1, 0.15) is 5.75 Å². The van der Waals surface area contributed by atoms with Crippen LogP contribution in [0.4, 0.5) is 0 Å². The van der Waals surface area contributed by atoms with Gasteiger partial charge < -0.3 is 10.5 Å². The van der Waals surface area contributed by atoms with Gasteiger partial charge in [-0.25, -0.2) is 0 Å². The summed E-state index contributed by atoms with van der Waals surface area (Å²) in [5.41, 5.74) is 7.32. The van der Waals surface area contributed by atoms with Crippen molar-refractivity contribution in [3.05, 3.63) is 29.8 Å². The summed E-state index contributed by atoms with van der Waals surface area (Å²) >= 11 is 0. The van der Waals surface area contributed by atoms with Gasteiger partial charge in [-0.3, -0.25) is 0 Å². The summed E-state index contributed by atoms with van der Waals surface area (Å²) in [5, 5.41) is 0. The largest absolute Gasteiger partial charge is 0.494 e. The molecule has 1 aromatic rings. The van der Waals surface area contributed by atoms with Crippen LogP contribution in [0.1, 0.15) is 38.8 Å². The van der Waals surface area contributed by atoms with Crippen LogP contribution in [0.25, 0.3) is 0 Å². The summed E-state index contributed by atoms with van der Waals surface area (Å²) in [7, 11) is 0. The molecule has 1 unspecified atom stereocenters. The first-order valence-electron chi connectivity index (χ1n) is 5.67. The third-order valence-corrected chi connectivity index (χ3v) is 2.81. The average Bonchev–Trinajstić information content (AvgIpc) is 2.28. The molecule has 3 heteroatoms. The lowest BCUT2D eigenvalue weighted by Gasteiger charge is -2.19. The number of hydrogen-bond acceptors (Lipinski definition) is 2. The molecule has 0 radical (unpaired) electrons. The smallest absolute Gasteiger partial charge is 0.119 e. The van der Waals surface area contributed by atoms with E-state index in [-0.39, 0.29) is 18.4 Å². The maximum absolute atomic E-state index is 6.16. The summed E-state index contributed by atoms with van der Waals surface area (Å²) in [6.07, 6.45) is 1.10. The van der Waals surface area contributed by atoms with Gasteiger partial charge in [-0.1, -0.05) is 32.4 Å². The summed E-state index contributed by atoms with van der Waals surface area (Å²) in [6, 6.07) is 8.19. The topological polar surface area (TPSA) is 35.2 Å². The second-order valence-electron chi connectivity index (χ2n) is 3.92.